The van der Waals surface area contributed by atoms with Gasteiger partial charge in [0.25, 0.3) is 0 Å². The molecule has 0 saturated carbocycles. The van der Waals surface area contributed by atoms with Crippen LogP contribution in [0.2, 0.25) is 0 Å². The van der Waals surface area contributed by atoms with E-state index in [1.54, 1.807) is 0 Å². The zero-order chi connectivity index (χ0) is 31.2. The predicted molar refractivity (Wildman–Crippen MR) is 180 cm³/mol. The first kappa shape index (κ1) is 52.6. The molecule has 0 unspecified atom stereocenters. The monoisotopic (exact) mass is 665 g/mol. The van der Waals surface area contributed by atoms with Crippen LogP contribution < -0.4 is 59.1 Å². The van der Waals surface area contributed by atoms with Gasteiger partial charge in [-0.05, 0) is 12.8 Å². The van der Waals surface area contributed by atoms with Gasteiger partial charge in [0.2, 0.25) is 0 Å². The molecule has 256 valence electrons. The first-order valence-electron chi connectivity index (χ1n) is 18.7. The van der Waals surface area contributed by atoms with Gasteiger partial charge in [-0.25, -0.2) is 0 Å². The topological polar surface area (TPSA) is 89.5 Å². The molecule has 5 nitrogen and oxygen atoms in total. The van der Waals surface area contributed by atoms with Crippen molar-refractivity contribution in [2.75, 3.05) is 13.2 Å². The molecule has 0 saturated heterocycles. The Bertz CT molecular complexity index is 537. The molecular weight excluding hydrogens is 590 g/mol. The average Bonchev–Trinajstić information content (AvgIpc) is 2.94. The Morgan fingerprint density at radius 2 is 0.477 bits per heavy atom. The van der Waals surface area contributed by atoms with Gasteiger partial charge in [-0.1, -0.05) is 206 Å². The molecule has 8 heteroatoms. The average molecular weight is 665 g/mol. The molecular formula is C36H74Na2O5S. The quantitative estimate of drug-likeness (QED) is 0.0354. The third-order valence-corrected chi connectivity index (χ3v) is 8.28. The Hall–Kier alpha value is 1.83. The van der Waals surface area contributed by atoms with Crippen LogP contribution in [0.1, 0.15) is 219 Å². The van der Waals surface area contributed by atoms with Crippen LogP contribution in [0.25, 0.3) is 0 Å². The number of hydrogen-bond donors (Lipinski definition) is 0. The van der Waals surface area contributed by atoms with Gasteiger partial charge in [0.1, 0.15) is 0 Å². The van der Waals surface area contributed by atoms with Crippen molar-refractivity contribution in [3.8, 4) is 0 Å². The number of hydrogen-bond acceptors (Lipinski definition) is 5. The second-order valence-corrected chi connectivity index (χ2v) is 13.4. The van der Waals surface area contributed by atoms with Crippen LogP contribution in [0.3, 0.4) is 0 Å². The van der Waals surface area contributed by atoms with Crippen molar-refractivity contribution in [1.82, 2.24) is 0 Å². The van der Waals surface area contributed by atoms with Gasteiger partial charge < -0.3 is 13.8 Å². The maximum atomic E-state index is 8.52. The van der Waals surface area contributed by atoms with E-state index in [1.807, 2.05) is 0 Å². The second kappa shape index (κ2) is 46.9. The summed E-state index contributed by atoms with van der Waals surface area (Å²) in [5, 5.41) is 0. The molecule has 0 fully saturated rings. The molecule has 0 aliphatic rings. The van der Waals surface area contributed by atoms with Crippen molar-refractivity contribution in [3.05, 3.63) is 0 Å². The molecule has 0 bridgehead atoms. The van der Waals surface area contributed by atoms with E-state index in [-0.39, 0.29) is 59.1 Å². The zero-order valence-electron chi connectivity index (χ0n) is 30.5. The van der Waals surface area contributed by atoms with Crippen molar-refractivity contribution in [3.63, 3.8) is 0 Å². The van der Waals surface area contributed by atoms with E-state index in [0.717, 1.165) is 13.2 Å². The molecule has 0 N–H and O–H groups in total. The zero-order valence-corrected chi connectivity index (χ0v) is 35.3. The number of ether oxygens (including phenoxy) is 1. The van der Waals surface area contributed by atoms with Crippen LogP contribution in [-0.4, -0.2) is 30.7 Å². The summed E-state index contributed by atoms with van der Waals surface area (Å²) < 4.78 is 40.0. The Labute approximate surface area is 321 Å². The Balaban J connectivity index is -0.00000105. The van der Waals surface area contributed by atoms with Crippen molar-refractivity contribution in [1.29, 1.82) is 0 Å². The van der Waals surface area contributed by atoms with E-state index < -0.39 is 10.4 Å². The SMILES string of the molecule is CCCCCCCCCCCCCCCCCCOCCCCCCCCCCCCCCCCCC.O=S(=O)([O-])[O-].[Na+].[Na+]. The van der Waals surface area contributed by atoms with Crippen LogP contribution in [0.4, 0.5) is 0 Å². The standard InChI is InChI=1S/C36H74O.2Na.H2O4S/c1-3-5-7-9-11-13-15-17-19-21-23-25-27-29-31-33-35-37-36-34-32-30-28-26-24-22-20-18-16-14-12-10-8-6-4-2;;;1-5(2,3)4/h3-36H2,1-2H3;;;(H2,1,2,3,4)/q;2*+1;/p-2. The van der Waals surface area contributed by atoms with Gasteiger partial charge in [0.05, 0.1) is 0 Å². The molecule has 0 amide bonds. The van der Waals surface area contributed by atoms with E-state index in [0.29, 0.717) is 0 Å². The van der Waals surface area contributed by atoms with Crippen molar-refractivity contribution >= 4 is 10.4 Å². The van der Waals surface area contributed by atoms with Crippen LogP contribution in [0, 0.1) is 0 Å². The predicted octanol–water partition coefficient (Wildman–Crippen LogP) is 6.20. The molecule has 0 atom stereocenters. The van der Waals surface area contributed by atoms with E-state index in [4.69, 9.17) is 22.3 Å². The fourth-order valence-electron chi connectivity index (χ4n) is 5.61. The van der Waals surface area contributed by atoms with Gasteiger partial charge in [-0.2, -0.15) is 0 Å². The molecule has 0 rings (SSSR count). The van der Waals surface area contributed by atoms with Gasteiger partial charge in [0.15, 0.2) is 0 Å². The maximum absolute atomic E-state index is 8.52. The summed E-state index contributed by atoms with van der Waals surface area (Å²) in [7, 11) is -5.17. The summed E-state index contributed by atoms with van der Waals surface area (Å²) in [6.07, 6.45) is 46.0. The van der Waals surface area contributed by atoms with E-state index in [2.05, 4.69) is 13.8 Å². The minimum atomic E-state index is -5.17. The fraction of sp³-hybridized carbons (Fsp3) is 1.00. The Morgan fingerprint density at radius 3 is 0.636 bits per heavy atom. The summed E-state index contributed by atoms with van der Waals surface area (Å²) in [6, 6.07) is 0. The fourth-order valence-corrected chi connectivity index (χ4v) is 5.61. The normalized spacial score (nSPS) is 11.0. The molecule has 0 spiro atoms. The first-order chi connectivity index (χ1) is 20.4. The maximum Gasteiger partial charge on any atom is 1.00 e. The molecule has 0 aromatic carbocycles. The summed E-state index contributed by atoms with van der Waals surface area (Å²) in [5.74, 6) is 0. The summed E-state index contributed by atoms with van der Waals surface area (Å²) >= 11 is 0. The third kappa shape index (κ3) is 62.6. The van der Waals surface area contributed by atoms with Gasteiger partial charge in [-0.3, -0.25) is 8.42 Å². The largest absolute Gasteiger partial charge is 1.00 e. The summed E-state index contributed by atoms with van der Waals surface area (Å²) in [6.45, 7) is 6.60. The third-order valence-electron chi connectivity index (χ3n) is 8.28. The van der Waals surface area contributed by atoms with Crippen molar-refractivity contribution < 1.29 is 81.4 Å². The number of rotatable bonds is 34. The molecule has 0 radical (unpaired) electrons. The first-order valence-corrected chi connectivity index (χ1v) is 20.0. The molecule has 0 aromatic rings. The minimum absolute atomic E-state index is 0. The molecule has 0 aromatic heterocycles. The van der Waals surface area contributed by atoms with Gasteiger partial charge >= 0.3 is 59.1 Å². The van der Waals surface area contributed by atoms with Crippen LogP contribution in [-0.2, 0) is 15.1 Å². The van der Waals surface area contributed by atoms with Gasteiger partial charge in [-0.15, -0.1) is 0 Å². The summed E-state index contributed by atoms with van der Waals surface area (Å²) in [5.41, 5.74) is 0. The van der Waals surface area contributed by atoms with E-state index in [9.17, 15) is 0 Å². The number of unbranched alkanes of at least 4 members (excludes halogenated alkanes) is 30. The molecule has 0 heterocycles. The summed E-state index contributed by atoms with van der Waals surface area (Å²) in [4.78, 5) is 0. The second-order valence-electron chi connectivity index (χ2n) is 12.6. The van der Waals surface area contributed by atoms with Crippen LogP contribution >= 0.6 is 0 Å². The van der Waals surface area contributed by atoms with Gasteiger partial charge in [0, 0.05) is 23.6 Å². The van der Waals surface area contributed by atoms with Crippen molar-refractivity contribution in [2.45, 2.75) is 219 Å². The van der Waals surface area contributed by atoms with Crippen molar-refractivity contribution in [2.24, 2.45) is 0 Å². The van der Waals surface area contributed by atoms with E-state index >= 15 is 0 Å². The van der Waals surface area contributed by atoms with E-state index in [1.165, 1.54) is 205 Å². The Morgan fingerprint density at radius 1 is 0.341 bits per heavy atom. The van der Waals surface area contributed by atoms with Crippen LogP contribution in [0.5, 0.6) is 0 Å². The molecule has 0 aliphatic heterocycles. The van der Waals surface area contributed by atoms with Crippen LogP contribution in [0.15, 0.2) is 0 Å². The minimum Gasteiger partial charge on any atom is -0.759 e. The Kier molecular flexibility index (Phi) is 56.2. The molecule has 44 heavy (non-hydrogen) atoms. The smallest absolute Gasteiger partial charge is 0.759 e. The molecule has 0 aliphatic carbocycles.